The normalized spacial score (nSPS) is 10.1. The molecule has 0 radical (unpaired) electrons. The van der Waals surface area contributed by atoms with E-state index >= 15 is 0 Å². The molecule has 9 nitrogen and oxygen atoms in total. The Balaban J connectivity index is 2.30. The van der Waals surface area contributed by atoms with Crippen LogP contribution in [0.4, 0.5) is 16.6 Å². The molecule has 0 spiro atoms. The smallest absolute Gasteiger partial charge is 0.288 e. The molecule has 0 aliphatic carbocycles. The molecule has 0 aromatic carbocycles. The maximum absolute atomic E-state index is 12.2. The minimum absolute atomic E-state index is 0.0906. The summed E-state index contributed by atoms with van der Waals surface area (Å²) in [6, 6.07) is 1.18. The number of hydrogen-bond acceptors (Lipinski definition) is 8. The van der Waals surface area contributed by atoms with Gasteiger partial charge in [-0.05, 0) is 6.42 Å². The molecule has 2 aromatic heterocycles. The fraction of sp³-hybridized carbons (Fsp3) is 0.273. The minimum atomic E-state index is -0.599. The van der Waals surface area contributed by atoms with Crippen molar-refractivity contribution in [2.75, 3.05) is 17.2 Å². The molecular formula is C11H12N6O3S. The summed E-state index contributed by atoms with van der Waals surface area (Å²) in [4.78, 5) is 26.3. The molecule has 21 heavy (non-hydrogen) atoms. The van der Waals surface area contributed by atoms with Crippen molar-refractivity contribution in [2.24, 2.45) is 0 Å². The van der Waals surface area contributed by atoms with Crippen LogP contribution in [0.2, 0.25) is 0 Å². The van der Waals surface area contributed by atoms with Crippen molar-refractivity contribution < 1.29 is 9.72 Å². The van der Waals surface area contributed by atoms with Gasteiger partial charge < -0.3 is 5.32 Å². The molecule has 2 heterocycles. The SMILES string of the molecule is CCCNc1ncc([N+](=O)[O-])cc1C(=O)Nc1nncs1. The van der Waals surface area contributed by atoms with Crippen LogP contribution in [0, 0.1) is 10.1 Å². The molecule has 0 saturated carbocycles. The van der Waals surface area contributed by atoms with Gasteiger partial charge in [0.1, 0.15) is 17.5 Å². The Morgan fingerprint density at radius 3 is 2.95 bits per heavy atom. The fourth-order valence-corrected chi connectivity index (χ4v) is 1.94. The highest BCUT2D eigenvalue weighted by Crippen LogP contribution is 2.21. The van der Waals surface area contributed by atoms with Crippen molar-refractivity contribution >= 4 is 33.9 Å². The molecule has 10 heteroatoms. The van der Waals surface area contributed by atoms with E-state index in [4.69, 9.17) is 0 Å². The number of hydrogen-bond donors (Lipinski definition) is 2. The van der Waals surface area contributed by atoms with E-state index in [1.54, 1.807) is 0 Å². The summed E-state index contributed by atoms with van der Waals surface area (Å²) >= 11 is 1.15. The van der Waals surface area contributed by atoms with Crippen LogP contribution < -0.4 is 10.6 Å². The predicted octanol–water partition coefficient (Wildman–Crippen LogP) is 1.92. The van der Waals surface area contributed by atoms with Crippen LogP contribution in [-0.4, -0.2) is 32.6 Å². The number of pyridine rings is 1. The lowest BCUT2D eigenvalue weighted by Crippen LogP contribution is -2.16. The van der Waals surface area contributed by atoms with Gasteiger partial charge in [0.25, 0.3) is 11.6 Å². The molecule has 0 fully saturated rings. The average Bonchev–Trinajstić information content (AvgIpc) is 2.97. The fourth-order valence-electron chi connectivity index (χ4n) is 1.50. The topological polar surface area (TPSA) is 123 Å². The van der Waals surface area contributed by atoms with Crippen LogP contribution in [0.3, 0.4) is 0 Å². The van der Waals surface area contributed by atoms with E-state index in [1.807, 2.05) is 6.92 Å². The molecule has 1 amide bonds. The Hall–Kier alpha value is -2.62. The Labute approximate surface area is 123 Å². The van der Waals surface area contributed by atoms with E-state index < -0.39 is 10.8 Å². The monoisotopic (exact) mass is 308 g/mol. The first-order valence-electron chi connectivity index (χ1n) is 6.07. The summed E-state index contributed by atoms with van der Waals surface area (Å²) in [6.07, 6.45) is 1.94. The van der Waals surface area contributed by atoms with E-state index in [9.17, 15) is 14.9 Å². The summed E-state index contributed by atoms with van der Waals surface area (Å²) in [5, 5.41) is 23.9. The van der Waals surface area contributed by atoms with Gasteiger partial charge in [0, 0.05) is 12.6 Å². The number of anilines is 2. The molecular weight excluding hydrogens is 296 g/mol. The van der Waals surface area contributed by atoms with Crippen molar-refractivity contribution in [3.8, 4) is 0 Å². The van der Waals surface area contributed by atoms with Gasteiger partial charge in [0.05, 0.1) is 10.5 Å². The number of nitrogens with zero attached hydrogens (tertiary/aromatic N) is 4. The second kappa shape index (κ2) is 6.70. The van der Waals surface area contributed by atoms with Crippen molar-refractivity contribution in [1.82, 2.24) is 15.2 Å². The maximum Gasteiger partial charge on any atom is 0.288 e. The van der Waals surface area contributed by atoms with Crippen molar-refractivity contribution in [1.29, 1.82) is 0 Å². The van der Waals surface area contributed by atoms with Crippen LogP contribution in [0.1, 0.15) is 23.7 Å². The van der Waals surface area contributed by atoms with Gasteiger partial charge in [-0.2, -0.15) is 0 Å². The number of carbonyl (C=O) groups is 1. The Kier molecular flexibility index (Phi) is 4.72. The standard InChI is InChI=1S/C11H12N6O3S/c1-2-3-12-9-8(4-7(5-13-9)17(19)20)10(18)15-11-16-14-6-21-11/h4-6H,2-3H2,1H3,(H,12,13)(H,15,16,18). The number of carbonyl (C=O) groups excluding carboxylic acids is 1. The summed E-state index contributed by atoms with van der Waals surface area (Å²) < 4.78 is 0. The van der Waals surface area contributed by atoms with Gasteiger partial charge in [-0.1, -0.05) is 18.3 Å². The molecule has 2 aromatic rings. The zero-order valence-electron chi connectivity index (χ0n) is 11.1. The lowest BCUT2D eigenvalue weighted by atomic mass is 10.2. The first-order chi connectivity index (χ1) is 10.1. The molecule has 0 bridgehead atoms. The Morgan fingerprint density at radius 2 is 2.33 bits per heavy atom. The third kappa shape index (κ3) is 3.69. The van der Waals surface area contributed by atoms with Crippen molar-refractivity contribution in [2.45, 2.75) is 13.3 Å². The van der Waals surface area contributed by atoms with Crippen molar-refractivity contribution in [3.05, 3.63) is 33.5 Å². The Morgan fingerprint density at radius 1 is 1.52 bits per heavy atom. The van der Waals surface area contributed by atoms with Crippen LogP contribution in [0.25, 0.3) is 0 Å². The molecule has 0 aliphatic heterocycles. The van der Waals surface area contributed by atoms with Crippen LogP contribution in [0.15, 0.2) is 17.8 Å². The lowest BCUT2D eigenvalue weighted by Gasteiger charge is -2.09. The van der Waals surface area contributed by atoms with Gasteiger partial charge in [-0.3, -0.25) is 20.2 Å². The van der Waals surface area contributed by atoms with Gasteiger partial charge in [0.15, 0.2) is 0 Å². The summed E-state index contributed by atoms with van der Waals surface area (Å²) in [7, 11) is 0. The molecule has 2 N–H and O–H groups in total. The molecule has 0 unspecified atom stereocenters. The largest absolute Gasteiger partial charge is 0.369 e. The zero-order valence-corrected chi connectivity index (χ0v) is 11.9. The van der Waals surface area contributed by atoms with E-state index in [2.05, 4.69) is 25.8 Å². The summed E-state index contributed by atoms with van der Waals surface area (Å²) in [6.45, 7) is 2.56. The summed E-state index contributed by atoms with van der Waals surface area (Å²) in [5.41, 5.74) is 1.31. The number of rotatable bonds is 6. The Bertz CT molecular complexity index is 645. The second-order valence-electron chi connectivity index (χ2n) is 3.97. The van der Waals surface area contributed by atoms with Gasteiger partial charge in [-0.25, -0.2) is 4.98 Å². The van der Waals surface area contributed by atoms with Gasteiger partial charge in [0.2, 0.25) is 5.13 Å². The highest BCUT2D eigenvalue weighted by atomic mass is 32.1. The lowest BCUT2D eigenvalue weighted by molar-refractivity contribution is -0.385. The van der Waals surface area contributed by atoms with E-state index in [0.717, 1.165) is 24.0 Å². The number of amides is 1. The average molecular weight is 308 g/mol. The molecule has 110 valence electrons. The van der Waals surface area contributed by atoms with Gasteiger partial charge >= 0.3 is 0 Å². The highest BCUT2D eigenvalue weighted by molar-refractivity contribution is 7.13. The summed E-state index contributed by atoms with van der Waals surface area (Å²) in [5.74, 6) is -0.231. The maximum atomic E-state index is 12.2. The number of nitrogens with one attached hydrogen (secondary N) is 2. The van der Waals surface area contributed by atoms with E-state index in [1.165, 1.54) is 11.6 Å². The third-order valence-corrected chi connectivity index (χ3v) is 3.06. The first-order valence-corrected chi connectivity index (χ1v) is 6.95. The van der Waals surface area contributed by atoms with E-state index in [-0.39, 0.29) is 11.3 Å². The van der Waals surface area contributed by atoms with Crippen LogP contribution in [-0.2, 0) is 0 Å². The van der Waals surface area contributed by atoms with E-state index in [0.29, 0.717) is 17.5 Å². The minimum Gasteiger partial charge on any atom is -0.369 e. The quantitative estimate of drug-likeness (QED) is 0.617. The molecule has 0 saturated heterocycles. The first kappa shape index (κ1) is 14.8. The number of nitro groups is 1. The van der Waals surface area contributed by atoms with Crippen LogP contribution in [0.5, 0.6) is 0 Å². The molecule has 0 atom stereocenters. The molecule has 0 aliphatic rings. The highest BCUT2D eigenvalue weighted by Gasteiger charge is 2.19. The second-order valence-corrected chi connectivity index (χ2v) is 4.80. The van der Waals surface area contributed by atoms with Crippen molar-refractivity contribution in [3.63, 3.8) is 0 Å². The van der Waals surface area contributed by atoms with Gasteiger partial charge in [-0.15, -0.1) is 10.2 Å². The molecule has 2 rings (SSSR count). The third-order valence-electron chi connectivity index (χ3n) is 2.45. The van der Waals surface area contributed by atoms with Crippen LogP contribution >= 0.6 is 11.3 Å². The number of aromatic nitrogens is 3. The zero-order chi connectivity index (χ0) is 15.2. The predicted molar refractivity (Wildman–Crippen MR) is 77.5 cm³/mol.